The maximum atomic E-state index is 11.2. The van der Waals surface area contributed by atoms with Gasteiger partial charge in [0.05, 0.1) is 19.8 Å². The number of esters is 1. The zero-order valence-corrected chi connectivity index (χ0v) is 8.32. The summed E-state index contributed by atoms with van der Waals surface area (Å²) in [6.07, 6.45) is 0. The highest BCUT2D eigenvalue weighted by Gasteiger charge is 2.14. The molecule has 0 unspecified atom stereocenters. The van der Waals surface area contributed by atoms with E-state index in [1.165, 1.54) is 6.92 Å². The molecule has 0 saturated carbocycles. The first-order valence-corrected chi connectivity index (χ1v) is 4.63. The predicted molar refractivity (Wildman–Crippen MR) is 48.9 cm³/mol. The molecule has 1 aliphatic heterocycles. The number of carbonyl (C=O) groups is 2. The number of carbonyl (C=O) groups excluding carboxylic acids is 2. The standard InChI is InChI=1S/C9H15NO4/c1-8(11)7-14-9(12)6-10-2-4-13-5-3-10/h2-7H2,1H3. The summed E-state index contributed by atoms with van der Waals surface area (Å²) in [4.78, 5) is 23.6. The number of hydrogen-bond donors (Lipinski definition) is 0. The molecule has 5 nitrogen and oxygen atoms in total. The first-order valence-electron chi connectivity index (χ1n) is 4.63. The van der Waals surface area contributed by atoms with Crippen LogP contribution in [-0.2, 0) is 19.1 Å². The first kappa shape index (κ1) is 11.1. The second-order valence-corrected chi connectivity index (χ2v) is 3.25. The monoisotopic (exact) mass is 201 g/mol. The minimum absolute atomic E-state index is 0.122. The second-order valence-electron chi connectivity index (χ2n) is 3.25. The Hall–Kier alpha value is -0.940. The lowest BCUT2D eigenvalue weighted by Gasteiger charge is -2.25. The molecule has 0 aromatic rings. The van der Waals surface area contributed by atoms with Gasteiger partial charge in [-0.05, 0) is 6.92 Å². The number of ketones is 1. The summed E-state index contributed by atoms with van der Waals surface area (Å²) in [5, 5.41) is 0. The molecule has 0 bridgehead atoms. The topological polar surface area (TPSA) is 55.8 Å². The molecular weight excluding hydrogens is 186 g/mol. The maximum Gasteiger partial charge on any atom is 0.320 e. The molecule has 0 aromatic heterocycles. The van der Waals surface area contributed by atoms with E-state index in [2.05, 4.69) is 0 Å². The van der Waals surface area contributed by atoms with Crippen LogP contribution in [0.15, 0.2) is 0 Å². The van der Waals surface area contributed by atoms with Gasteiger partial charge in [-0.15, -0.1) is 0 Å². The number of ether oxygens (including phenoxy) is 2. The Morgan fingerprint density at radius 1 is 1.36 bits per heavy atom. The minimum Gasteiger partial charge on any atom is -0.457 e. The zero-order valence-electron chi connectivity index (χ0n) is 8.32. The van der Waals surface area contributed by atoms with Crippen molar-refractivity contribution in [3.63, 3.8) is 0 Å². The van der Waals surface area contributed by atoms with E-state index in [1.807, 2.05) is 4.90 Å². The summed E-state index contributed by atoms with van der Waals surface area (Å²) in [5.74, 6) is -0.484. The molecule has 1 fully saturated rings. The molecule has 1 aliphatic rings. The first-order chi connectivity index (χ1) is 6.68. The third kappa shape index (κ3) is 4.34. The Morgan fingerprint density at radius 3 is 2.57 bits per heavy atom. The van der Waals surface area contributed by atoms with E-state index in [1.54, 1.807) is 0 Å². The summed E-state index contributed by atoms with van der Waals surface area (Å²) in [5.41, 5.74) is 0. The van der Waals surface area contributed by atoms with Crippen LogP contribution >= 0.6 is 0 Å². The molecule has 1 saturated heterocycles. The van der Waals surface area contributed by atoms with Crippen molar-refractivity contribution in [3.8, 4) is 0 Å². The molecule has 5 heteroatoms. The highest BCUT2D eigenvalue weighted by atomic mass is 16.5. The molecule has 0 radical (unpaired) electrons. The normalized spacial score (nSPS) is 17.8. The van der Waals surface area contributed by atoms with Crippen molar-refractivity contribution >= 4 is 11.8 Å². The molecule has 0 spiro atoms. The highest BCUT2D eigenvalue weighted by Crippen LogP contribution is 1.96. The fraction of sp³-hybridized carbons (Fsp3) is 0.778. The van der Waals surface area contributed by atoms with Crippen molar-refractivity contribution < 1.29 is 19.1 Å². The van der Waals surface area contributed by atoms with Crippen molar-refractivity contribution in [2.75, 3.05) is 39.5 Å². The van der Waals surface area contributed by atoms with Crippen molar-refractivity contribution in [2.24, 2.45) is 0 Å². The van der Waals surface area contributed by atoms with E-state index < -0.39 is 0 Å². The summed E-state index contributed by atoms with van der Waals surface area (Å²) >= 11 is 0. The molecule has 0 N–H and O–H groups in total. The lowest BCUT2D eigenvalue weighted by Crippen LogP contribution is -2.40. The fourth-order valence-corrected chi connectivity index (χ4v) is 1.17. The van der Waals surface area contributed by atoms with Gasteiger partial charge in [0, 0.05) is 13.1 Å². The van der Waals surface area contributed by atoms with Gasteiger partial charge in [0.1, 0.15) is 6.61 Å². The van der Waals surface area contributed by atoms with Crippen LogP contribution in [0, 0.1) is 0 Å². The molecule has 80 valence electrons. The number of morpholine rings is 1. The number of rotatable bonds is 4. The third-order valence-electron chi connectivity index (χ3n) is 1.89. The molecule has 0 aliphatic carbocycles. The Balaban J connectivity index is 2.15. The fourth-order valence-electron chi connectivity index (χ4n) is 1.17. The van der Waals surface area contributed by atoms with Crippen LogP contribution in [-0.4, -0.2) is 56.1 Å². The molecule has 14 heavy (non-hydrogen) atoms. The van der Waals surface area contributed by atoms with Crippen molar-refractivity contribution in [2.45, 2.75) is 6.92 Å². The quantitative estimate of drug-likeness (QED) is 0.571. The minimum atomic E-state index is -0.345. The van der Waals surface area contributed by atoms with Crippen LogP contribution in [0.25, 0.3) is 0 Å². The third-order valence-corrected chi connectivity index (χ3v) is 1.89. The van der Waals surface area contributed by atoms with Crippen LogP contribution in [0.5, 0.6) is 0 Å². The van der Waals surface area contributed by atoms with Gasteiger partial charge in [0.2, 0.25) is 0 Å². The Kier molecular flexibility index (Phi) is 4.55. The Labute approximate surface area is 83.0 Å². The van der Waals surface area contributed by atoms with Crippen LogP contribution in [0.3, 0.4) is 0 Å². The van der Waals surface area contributed by atoms with Gasteiger partial charge in [-0.1, -0.05) is 0 Å². The Bertz CT molecular complexity index is 211. The van der Waals surface area contributed by atoms with Crippen LogP contribution in [0.4, 0.5) is 0 Å². The average molecular weight is 201 g/mol. The van der Waals surface area contributed by atoms with Gasteiger partial charge in [-0.2, -0.15) is 0 Å². The summed E-state index contributed by atoms with van der Waals surface area (Å²) in [6.45, 7) is 4.31. The van der Waals surface area contributed by atoms with E-state index in [0.717, 1.165) is 13.1 Å². The van der Waals surface area contributed by atoms with Gasteiger partial charge in [0.15, 0.2) is 5.78 Å². The van der Waals surface area contributed by atoms with Gasteiger partial charge >= 0.3 is 5.97 Å². The number of Topliss-reactive ketones (excluding diaryl/α,β-unsaturated/α-hetero) is 1. The van der Waals surface area contributed by atoms with E-state index in [9.17, 15) is 9.59 Å². The highest BCUT2D eigenvalue weighted by molar-refractivity contribution is 5.80. The molecular formula is C9H15NO4. The molecule has 0 aromatic carbocycles. The average Bonchev–Trinajstić information content (AvgIpc) is 2.16. The van der Waals surface area contributed by atoms with Crippen LogP contribution in [0.1, 0.15) is 6.92 Å². The van der Waals surface area contributed by atoms with E-state index >= 15 is 0 Å². The summed E-state index contributed by atoms with van der Waals surface area (Å²) in [6, 6.07) is 0. The molecule has 1 rings (SSSR count). The van der Waals surface area contributed by atoms with Crippen molar-refractivity contribution in [3.05, 3.63) is 0 Å². The summed E-state index contributed by atoms with van der Waals surface area (Å²) in [7, 11) is 0. The van der Waals surface area contributed by atoms with Gasteiger partial charge in [-0.3, -0.25) is 14.5 Å². The van der Waals surface area contributed by atoms with Gasteiger partial charge < -0.3 is 9.47 Å². The van der Waals surface area contributed by atoms with E-state index in [-0.39, 0.29) is 24.9 Å². The number of nitrogens with zero attached hydrogens (tertiary/aromatic N) is 1. The zero-order chi connectivity index (χ0) is 10.4. The molecule has 0 atom stereocenters. The van der Waals surface area contributed by atoms with Gasteiger partial charge in [-0.25, -0.2) is 0 Å². The Morgan fingerprint density at radius 2 is 2.00 bits per heavy atom. The van der Waals surface area contributed by atoms with E-state index in [0.29, 0.717) is 13.2 Å². The molecule has 1 heterocycles. The second kappa shape index (κ2) is 5.72. The van der Waals surface area contributed by atoms with Crippen molar-refractivity contribution in [1.29, 1.82) is 0 Å². The van der Waals surface area contributed by atoms with Crippen molar-refractivity contribution in [1.82, 2.24) is 4.90 Å². The number of hydrogen-bond acceptors (Lipinski definition) is 5. The van der Waals surface area contributed by atoms with Crippen LogP contribution in [0.2, 0.25) is 0 Å². The maximum absolute atomic E-state index is 11.2. The lowest BCUT2D eigenvalue weighted by atomic mass is 10.4. The summed E-state index contributed by atoms with van der Waals surface area (Å²) < 4.78 is 9.87. The predicted octanol–water partition coefficient (Wildman–Crippen LogP) is -0.549. The molecule has 0 amide bonds. The SMILES string of the molecule is CC(=O)COC(=O)CN1CCOCC1. The largest absolute Gasteiger partial charge is 0.457 e. The van der Waals surface area contributed by atoms with Crippen LogP contribution < -0.4 is 0 Å². The lowest BCUT2D eigenvalue weighted by molar-refractivity contribution is -0.149. The van der Waals surface area contributed by atoms with Gasteiger partial charge in [0.25, 0.3) is 0 Å². The van der Waals surface area contributed by atoms with E-state index in [4.69, 9.17) is 9.47 Å². The smallest absolute Gasteiger partial charge is 0.320 e.